The van der Waals surface area contributed by atoms with Crippen molar-refractivity contribution >= 4 is 5.82 Å². The number of nitrogens with one attached hydrogen (secondary N) is 1. The van der Waals surface area contributed by atoms with Gasteiger partial charge in [-0.05, 0) is 37.0 Å². The van der Waals surface area contributed by atoms with E-state index in [-0.39, 0.29) is 0 Å². The van der Waals surface area contributed by atoms with E-state index in [0.717, 1.165) is 24.6 Å². The van der Waals surface area contributed by atoms with Gasteiger partial charge >= 0.3 is 0 Å². The van der Waals surface area contributed by atoms with Crippen LogP contribution in [0.25, 0.3) is 11.5 Å². The summed E-state index contributed by atoms with van der Waals surface area (Å²) >= 11 is 0. The van der Waals surface area contributed by atoms with Crippen LogP contribution in [-0.4, -0.2) is 20.3 Å². The van der Waals surface area contributed by atoms with Crippen molar-refractivity contribution in [2.24, 2.45) is 11.3 Å². The van der Waals surface area contributed by atoms with Crippen molar-refractivity contribution in [3.63, 3.8) is 0 Å². The molecule has 3 N–H and O–H groups in total. The highest BCUT2D eigenvalue weighted by Gasteiger charge is 2.32. The highest BCUT2D eigenvalue weighted by atomic mass is 16.5. The van der Waals surface area contributed by atoms with Crippen LogP contribution in [0.1, 0.15) is 58.2 Å². The van der Waals surface area contributed by atoms with Crippen molar-refractivity contribution in [2.75, 3.05) is 5.73 Å². The number of rotatable bonds is 2. The Hall–Kier alpha value is -1.85. The Kier molecular flexibility index (Phi) is 3.47. The van der Waals surface area contributed by atoms with Crippen molar-refractivity contribution < 1.29 is 4.52 Å². The molecule has 1 fully saturated rings. The molecule has 2 heterocycles. The number of hydrogen-bond donors (Lipinski definition) is 2. The molecule has 0 radical (unpaired) electrons. The molecule has 6 nitrogen and oxygen atoms in total. The van der Waals surface area contributed by atoms with Gasteiger partial charge in [-0.1, -0.05) is 25.9 Å². The van der Waals surface area contributed by atoms with E-state index >= 15 is 0 Å². The van der Waals surface area contributed by atoms with E-state index in [9.17, 15) is 0 Å². The van der Waals surface area contributed by atoms with Crippen LogP contribution < -0.4 is 5.73 Å². The zero-order valence-electron chi connectivity index (χ0n) is 12.9. The second kappa shape index (κ2) is 5.16. The summed E-state index contributed by atoms with van der Waals surface area (Å²) in [7, 11) is 0. The summed E-state index contributed by atoms with van der Waals surface area (Å²) in [4.78, 5) is 4.51. The molecule has 0 aliphatic heterocycles. The van der Waals surface area contributed by atoms with Crippen LogP contribution in [0.2, 0.25) is 0 Å². The maximum Gasteiger partial charge on any atom is 0.263 e. The zero-order valence-corrected chi connectivity index (χ0v) is 12.9. The van der Waals surface area contributed by atoms with E-state index in [1.165, 1.54) is 12.8 Å². The van der Waals surface area contributed by atoms with Crippen molar-refractivity contribution in [3.8, 4) is 11.5 Å². The first kappa shape index (κ1) is 14.1. The van der Waals surface area contributed by atoms with Gasteiger partial charge in [-0.2, -0.15) is 10.1 Å². The number of nitrogens with zero attached hydrogens (tertiary/aromatic N) is 3. The number of H-pyrrole nitrogens is 1. The molecule has 3 rings (SSSR count). The minimum Gasteiger partial charge on any atom is -0.383 e. The molecule has 1 aliphatic carbocycles. The van der Waals surface area contributed by atoms with Crippen LogP contribution in [0.15, 0.2) is 10.7 Å². The number of nitrogen functional groups attached to an aromatic ring is 1. The fourth-order valence-electron chi connectivity index (χ4n) is 3.19. The molecule has 0 aromatic carbocycles. The van der Waals surface area contributed by atoms with Gasteiger partial charge in [0.25, 0.3) is 5.89 Å². The molecular weight excluding hydrogens is 266 g/mol. The quantitative estimate of drug-likeness (QED) is 0.884. The highest BCUT2D eigenvalue weighted by molar-refractivity contribution is 5.65. The summed E-state index contributed by atoms with van der Waals surface area (Å²) in [5, 5.41) is 10.7. The predicted molar refractivity (Wildman–Crippen MR) is 80.4 cm³/mol. The third-order valence-corrected chi connectivity index (χ3v) is 4.66. The molecule has 6 heteroatoms. The fraction of sp³-hybridized carbons (Fsp3) is 0.667. The third kappa shape index (κ3) is 2.80. The molecule has 0 atom stereocenters. The molecule has 1 aliphatic rings. The third-order valence-electron chi connectivity index (χ3n) is 4.66. The molecule has 1 saturated carbocycles. The smallest absolute Gasteiger partial charge is 0.263 e. The normalized spacial score (nSPS) is 23.4. The van der Waals surface area contributed by atoms with Gasteiger partial charge in [-0.3, -0.25) is 5.10 Å². The highest BCUT2D eigenvalue weighted by Crippen LogP contribution is 2.42. The Bertz CT molecular complexity index is 602. The molecule has 0 bridgehead atoms. The van der Waals surface area contributed by atoms with Crippen LogP contribution in [0.4, 0.5) is 5.82 Å². The topological polar surface area (TPSA) is 93.6 Å². The van der Waals surface area contributed by atoms with Crippen LogP contribution >= 0.6 is 0 Å². The molecule has 114 valence electrons. The average molecular weight is 289 g/mol. The van der Waals surface area contributed by atoms with Crippen molar-refractivity contribution in [3.05, 3.63) is 12.0 Å². The molecule has 21 heavy (non-hydrogen) atoms. The van der Waals surface area contributed by atoms with Crippen molar-refractivity contribution in [1.29, 1.82) is 0 Å². The number of anilines is 1. The van der Waals surface area contributed by atoms with Gasteiger partial charge in [0.05, 0.1) is 6.20 Å². The first-order valence-electron chi connectivity index (χ1n) is 7.58. The van der Waals surface area contributed by atoms with E-state index in [1.54, 1.807) is 6.20 Å². The summed E-state index contributed by atoms with van der Waals surface area (Å²) in [6, 6.07) is 0. The van der Waals surface area contributed by atoms with Crippen LogP contribution in [-0.2, 0) is 0 Å². The Labute approximate surface area is 124 Å². The minimum absolute atomic E-state index is 0.388. The Balaban J connectivity index is 1.70. The van der Waals surface area contributed by atoms with Crippen molar-refractivity contribution in [2.45, 2.75) is 52.4 Å². The van der Waals surface area contributed by atoms with Gasteiger partial charge in [-0.15, -0.1) is 0 Å². The molecule has 0 spiro atoms. The Morgan fingerprint density at radius 3 is 2.52 bits per heavy atom. The summed E-state index contributed by atoms with van der Waals surface area (Å²) in [6.07, 6.45) is 6.32. The number of nitrogens with two attached hydrogens (primary N) is 1. The SMILES string of the molecule is CC(C)(C)C1CCC(c2noc(-c3cn[nH]c3N)n2)CC1. The lowest BCUT2D eigenvalue weighted by Gasteiger charge is -2.36. The maximum atomic E-state index is 5.78. The first-order chi connectivity index (χ1) is 9.95. The van der Waals surface area contributed by atoms with Gasteiger partial charge in [0, 0.05) is 5.92 Å². The second-order valence-electron chi connectivity index (χ2n) is 7.07. The van der Waals surface area contributed by atoms with E-state index in [0.29, 0.717) is 28.6 Å². The van der Waals surface area contributed by atoms with Crippen LogP contribution in [0.5, 0.6) is 0 Å². The van der Waals surface area contributed by atoms with Gasteiger partial charge in [0.15, 0.2) is 5.82 Å². The first-order valence-corrected chi connectivity index (χ1v) is 7.58. The fourth-order valence-corrected chi connectivity index (χ4v) is 3.19. The van der Waals surface area contributed by atoms with Crippen LogP contribution in [0, 0.1) is 11.3 Å². The molecule has 0 unspecified atom stereocenters. The minimum atomic E-state index is 0.388. The van der Waals surface area contributed by atoms with E-state index in [1.807, 2.05) is 0 Å². The lowest BCUT2D eigenvalue weighted by atomic mass is 9.70. The predicted octanol–water partition coefficient (Wildman–Crippen LogP) is 3.36. The molecular formula is C15H23N5O. The van der Waals surface area contributed by atoms with Gasteiger partial charge in [0.2, 0.25) is 0 Å². The van der Waals surface area contributed by atoms with E-state index < -0.39 is 0 Å². The summed E-state index contributed by atoms with van der Waals surface area (Å²) < 4.78 is 5.34. The summed E-state index contributed by atoms with van der Waals surface area (Å²) in [5.41, 5.74) is 6.85. The Morgan fingerprint density at radius 1 is 1.24 bits per heavy atom. The lowest BCUT2D eigenvalue weighted by Crippen LogP contribution is -2.25. The van der Waals surface area contributed by atoms with Gasteiger partial charge in [-0.25, -0.2) is 0 Å². The van der Waals surface area contributed by atoms with E-state index in [4.69, 9.17) is 10.3 Å². The summed E-state index contributed by atoms with van der Waals surface area (Å²) in [5.74, 6) is 2.90. The molecule has 2 aromatic rings. The van der Waals surface area contributed by atoms with Crippen LogP contribution in [0.3, 0.4) is 0 Å². The second-order valence-corrected chi connectivity index (χ2v) is 7.07. The number of hydrogen-bond acceptors (Lipinski definition) is 5. The average Bonchev–Trinajstić information content (AvgIpc) is 3.06. The zero-order chi connectivity index (χ0) is 15.0. The monoisotopic (exact) mass is 289 g/mol. The lowest BCUT2D eigenvalue weighted by molar-refractivity contribution is 0.166. The van der Waals surface area contributed by atoms with Gasteiger partial charge in [0.1, 0.15) is 11.4 Å². The summed E-state index contributed by atoms with van der Waals surface area (Å²) in [6.45, 7) is 6.98. The van der Waals surface area contributed by atoms with Crippen molar-refractivity contribution in [1.82, 2.24) is 20.3 Å². The molecule has 2 aromatic heterocycles. The van der Waals surface area contributed by atoms with E-state index in [2.05, 4.69) is 41.1 Å². The number of aromatic nitrogens is 4. The maximum absolute atomic E-state index is 5.78. The molecule has 0 saturated heterocycles. The molecule has 0 amide bonds. The Morgan fingerprint density at radius 2 is 1.95 bits per heavy atom. The number of aromatic amines is 1. The standard InChI is InChI=1S/C15H23N5O/c1-15(2,3)10-6-4-9(5-7-10)13-18-14(21-20-13)11-8-17-19-12(11)16/h8-10H,4-7H2,1-3H3,(H3,16,17,19). The largest absolute Gasteiger partial charge is 0.383 e. The van der Waals surface area contributed by atoms with Gasteiger partial charge < -0.3 is 10.3 Å².